The Morgan fingerprint density at radius 2 is 2.25 bits per heavy atom. The van der Waals surface area contributed by atoms with E-state index in [2.05, 4.69) is 0 Å². The van der Waals surface area contributed by atoms with Crippen LogP contribution in [0.2, 0.25) is 5.02 Å². The second-order valence-electron chi connectivity index (χ2n) is 3.67. The molecule has 1 atom stereocenters. The minimum Gasteiger partial charge on any atom is -0.375 e. The van der Waals surface area contributed by atoms with Crippen LogP contribution in [-0.2, 0) is 9.53 Å². The number of amides is 1. The van der Waals surface area contributed by atoms with Crippen LogP contribution in [0.15, 0.2) is 24.3 Å². The van der Waals surface area contributed by atoms with Crippen molar-refractivity contribution in [3.63, 3.8) is 0 Å². The van der Waals surface area contributed by atoms with Crippen molar-refractivity contribution in [2.75, 3.05) is 20.8 Å². The number of benzene rings is 1. The summed E-state index contributed by atoms with van der Waals surface area (Å²) in [7, 11) is 3.27. The van der Waals surface area contributed by atoms with Gasteiger partial charge < -0.3 is 9.64 Å². The SMILES string of the molecule is COCC(=O)N(C)C(C)c1cccc(Cl)c1. The lowest BCUT2D eigenvalue weighted by Crippen LogP contribution is -2.32. The van der Waals surface area contributed by atoms with E-state index in [-0.39, 0.29) is 18.6 Å². The van der Waals surface area contributed by atoms with E-state index < -0.39 is 0 Å². The van der Waals surface area contributed by atoms with E-state index in [9.17, 15) is 4.79 Å². The second-order valence-corrected chi connectivity index (χ2v) is 4.11. The normalized spacial score (nSPS) is 12.2. The molecule has 0 aliphatic rings. The van der Waals surface area contributed by atoms with Gasteiger partial charge in [-0.25, -0.2) is 0 Å². The number of rotatable bonds is 4. The van der Waals surface area contributed by atoms with Crippen LogP contribution >= 0.6 is 11.6 Å². The third kappa shape index (κ3) is 3.22. The zero-order valence-electron chi connectivity index (χ0n) is 9.74. The molecule has 4 heteroatoms. The number of hydrogen-bond donors (Lipinski definition) is 0. The van der Waals surface area contributed by atoms with Gasteiger partial charge in [0.2, 0.25) is 5.91 Å². The van der Waals surface area contributed by atoms with Gasteiger partial charge in [0.15, 0.2) is 0 Å². The molecule has 0 saturated heterocycles. The lowest BCUT2D eigenvalue weighted by atomic mass is 10.1. The van der Waals surface area contributed by atoms with Crippen LogP contribution in [-0.4, -0.2) is 31.6 Å². The molecular weight excluding hydrogens is 226 g/mol. The molecule has 0 radical (unpaired) electrons. The molecule has 0 heterocycles. The van der Waals surface area contributed by atoms with E-state index in [0.717, 1.165) is 5.56 Å². The van der Waals surface area contributed by atoms with Crippen LogP contribution in [0.3, 0.4) is 0 Å². The van der Waals surface area contributed by atoms with E-state index in [1.165, 1.54) is 7.11 Å². The van der Waals surface area contributed by atoms with Gasteiger partial charge in [0, 0.05) is 19.2 Å². The lowest BCUT2D eigenvalue weighted by Gasteiger charge is -2.25. The number of methoxy groups -OCH3 is 1. The van der Waals surface area contributed by atoms with Crippen molar-refractivity contribution in [3.8, 4) is 0 Å². The molecule has 0 spiro atoms. The molecular formula is C12H16ClNO2. The first-order valence-corrected chi connectivity index (χ1v) is 5.44. The number of halogens is 1. The largest absolute Gasteiger partial charge is 0.375 e. The van der Waals surface area contributed by atoms with Gasteiger partial charge in [-0.05, 0) is 24.6 Å². The number of hydrogen-bond acceptors (Lipinski definition) is 2. The van der Waals surface area contributed by atoms with Crippen molar-refractivity contribution in [1.29, 1.82) is 0 Å². The molecule has 88 valence electrons. The summed E-state index contributed by atoms with van der Waals surface area (Å²) in [4.78, 5) is 13.3. The topological polar surface area (TPSA) is 29.5 Å². The highest BCUT2D eigenvalue weighted by Crippen LogP contribution is 2.21. The Morgan fingerprint density at radius 3 is 2.81 bits per heavy atom. The van der Waals surface area contributed by atoms with E-state index in [1.807, 2.05) is 31.2 Å². The summed E-state index contributed by atoms with van der Waals surface area (Å²) < 4.78 is 4.82. The summed E-state index contributed by atoms with van der Waals surface area (Å²) in [5.74, 6) is -0.0463. The van der Waals surface area contributed by atoms with E-state index >= 15 is 0 Å². The molecule has 1 aromatic rings. The minimum absolute atomic E-state index is 0.0126. The third-order valence-electron chi connectivity index (χ3n) is 2.57. The fraction of sp³-hybridized carbons (Fsp3) is 0.417. The quantitative estimate of drug-likeness (QED) is 0.811. The summed E-state index contributed by atoms with van der Waals surface area (Å²) >= 11 is 5.91. The van der Waals surface area contributed by atoms with Gasteiger partial charge in [-0.2, -0.15) is 0 Å². The maximum absolute atomic E-state index is 11.6. The van der Waals surface area contributed by atoms with Crippen LogP contribution in [0.1, 0.15) is 18.5 Å². The average Bonchev–Trinajstić information content (AvgIpc) is 2.27. The van der Waals surface area contributed by atoms with E-state index in [0.29, 0.717) is 5.02 Å². The summed E-state index contributed by atoms with van der Waals surface area (Å²) in [5, 5.41) is 0.678. The molecule has 0 bridgehead atoms. The molecule has 1 unspecified atom stereocenters. The van der Waals surface area contributed by atoms with Gasteiger partial charge in [0.05, 0.1) is 6.04 Å². The van der Waals surface area contributed by atoms with Crippen LogP contribution in [0.25, 0.3) is 0 Å². The molecule has 1 amide bonds. The molecule has 0 saturated carbocycles. The standard InChI is InChI=1S/C12H16ClNO2/c1-9(14(2)12(15)8-16-3)10-5-4-6-11(13)7-10/h4-7,9H,8H2,1-3H3. The molecule has 1 aromatic carbocycles. The molecule has 1 rings (SSSR count). The molecule has 3 nitrogen and oxygen atoms in total. The molecule has 0 aliphatic carbocycles. The fourth-order valence-electron chi connectivity index (χ4n) is 1.43. The van der Waals surface area contributed by atoms with Crippen LogP contribution in [0.5, 0.6) is 0 Å². The summed E-state index contributed by atoms with van der Waals surface area (Å²) in [6, 6.07) is 7.49. The molecule has 0 aliphatic heterocycles. The number of carbonyl (C=O) groups excluding carboxylic acids is 1. The smallest absolute Gasteiger partial charge is 0.248 e. The predicted molar refractivity (Wildman–Crippen MR) is 64.5 cm³/mol. The van der Waals surface area contributed by atoms with E-state index in [1.54, 1.807) is 11.9 Å². The first-order valence-electron chi connectivity index (χ1n) is 5.06. The van der Waals surface area contributed by atoms with Crippen molar-refractivity contribution < 1.29 is 9.53 Å². The van der Waals surface area contributed by atoms with Gasteiger partial charge in [0.25, 0.3) is 0 Å². The monoisotopic (exact) mass is 241 g/mol. The number of nitrogens with zero attached hydrogens (tertiary/aromatic N) is 1. The maximum Gasteiger partial charge on any atom is 0.248 e. The van der Waals surface area contributed by atoms with Crippen molar-refractivity contribution in [1.82, 2.24) is 4.90 Å². The van der Waals surface area contributed by atoms with Gasteiger partial charge in [-0.1, -0.05) is 23.7 Å². The van der Waals surface area contributed by atoms with Crippen molar-refractivity contribution >= 4 is 17.5 Å². The lowest BCUT2D eigenvalue weighted by molar-refractivity contribution is -0.135. The van der Waals surface area contributed by atoms with Gasteiger partial charge in [-0.3, -0.25) is 4.79 Å². The van der Waals surface area contributed by atoms with Crippen LogP contribution in [0.4, 0.5) is 0 Å². The second kappa shape index (κ2) is 5.87. The number of carbonyl (C=O) groups is 1. The highest BCUT2D eigenvalue weighted by atomic mass is 35.5. The first-order chi connectivity index (χ1) is 7.56. The molecule has 0 fully saturated rings. The van der Waals surface area contributed by atoms with Crippen LogP contribution in [0, 0.1) is 0 Å². The minimum atomic E-state index is -0.0463. The van der Waals surface area contributed by atoms with Crippen molar-refractivity contribution in [2.24, 2.45) is 0 Å². The summed E-state index contributed by atoms with van der Waals surface area (Å²) in [5.41, 5.74) is 1.01. The number of ether oxygens (including phenoxy) is 1. The maximum atomic E-state index is 11.6. The highest BCUT2D eigenvalue weighted by Gasteiger charge is 2.16. The highest BCUT2D eigenvalue weighted by molar-refractivity contribution is 6.30. The Morgan fingerprint density at radius 1 is 1.56 bits per heavy atom. The Bertz CT molecular complexity index is 368. The molecule has 0 N–H and O–H groups in total. The van der Waals surface area contributed by atoms with E-state index in [4.69, 9.17) is 16.3 Å². The predicted octanol–water partition coefficient (Wildman–Crippen LogP) is 2.51. The Labute approximate surface area is 101 Å². The van der Waals surface area contributed by atoms with Crippen molar-refractivity contribution in [3.05, 3.63) is 34.9 Å². The Kier molecular flexibility index (Phi) is 4.77. The van der Waals surface area contributed by atoms with Gasteiger partial charge in [0.1, 0.15) is 6.61 Å². The molecule has 0 aromatic heterocycles. The Hall–Kier alpha value is -1.06. The average molecular weight is 242 g/mol. The summed E-state index contributed by atoms with van der Waals surface area (Å²) in [6.45, 7) is 2.06. The fourth-order valence-corrected chi connectivity index (χ4v) is 1.63. The molecule has 16 heavy (non-hydrogen) atoms. The van der Waals surface area contributed by atoms with Crippen molar-refractivity contribution in [2.45, 2.75) is 13.0 Å². The van der Waals surface area contributed by atoms with Gasteiger partial charge in [-0.15, -0.1) is 0 Å². The summed E-state index contributed by atoms with van der Waals surface area (Å²) in [6.07, 6.45) is 0. The zero-order chi connectivity index (χ0) is 12.1. The van der Waals surface area contributed by atoms with Crippen LogP contribution < -0.4 is 0 Å². The Balaban J connectivity index is 2.77. The van der Waals surface area contributed by atoms with Gasteiger partial charge >= 0.3 is 0 Å². The first kappa shape index (κ1) is 13.0. The number of likely N-dealkylation sites (N-methyl/N-ethyl adjacent to an activating group) is 1. The zero-order valence-corrected chi connectivity index (χ0v) is 10.5. The third-order valence-corrected chi connectivity index (χ3v) is 2.81.